The highest BCUT2D eigenvalue weighted by Gasteiger charge is 2.35. The average Bonchev–Trinajstić information content (AvgIpc) is 3.07. The molecule has 0 radical (unpaired) electrons. The molecule has 4 aromatic carbocycles. The van der Waals surface area contributed by atoms with Crippen molar-refractivity contribution in [2.45, 2.75) is 62.0 Å². The molecule has 7 nitrogen and oxygen atoms in total. The van der Waals surface area contributed by atoms with Gasteiger partial charge in [-0.05, 0) is 66.4 Å². The van der Waals surface area contributed by atoms with Crippen LogP contribution in [0.2, 0.25) is 10.0 Å². The lowest BCUT2D eigenvalue weighted by Crippen LogP contribution is -2.55. The molecule has 1 saturated carbocycles. The third-order valence-electron chi connectivity index (χ3n) is 8.20. The summed E-state index contributed by atoms with van der Waals surface area (Å²) in [6.45, 7) is -0.479. The summed E-state index contributed by atoms with van der Waals surface area (Å²) in [5.41, 5.74) is 1.87. The summed E-state index contributed by atoms with van der Waals surface area (Å²) < 4.78 is 29.2. The minimum absolute atomic E-state index is 0.0217. The molecule has 0 aromatic heterocycles. The molecule has 0 saturated heterocycles. The van der Waals surface area contributed by atoms with Gasteiger partial charge >= 0.3 is 0 Å². The average molecular weight is 679 g/mol. The van der Waals surface area contributed by atoms with Crippen molar-refractivity contribution in [1.82, 2.24) is 10.2 Å². The maximum Gasteiger partial charge on any atom is 0.264 e. The maximum absolute atomic E-state index is 14.6. The summed E-state index contributed by atoms with van der Waals surface area (Å²) in [6, 6.07) is 30.0. The molecule has 1 aliphatic rings. The fraction of sp³-hybridized carbons (Fsp3) is 0.278. The molecule has 0 spiro atoms. The molecule has 240 valence electrons. The van der Waals surface area contributed by atoms with Crippen LogP contribution >= 0.6 is 23.2 Å². The Balaban J connectivity index is 1.55. The van der Waals surface area contributed by atoms with E-state index in [2.05, 4.69) is 5.32 Å². The molecule has 4 aromatic rings. The van der Waals surface area contributed by atoms with E-state index >= 15 is 0 Å². The van der Waals surface area contributed by atoms with Crippen molar-refractivity contribution in [3.63, 3.8) is 0 Å². The largest absolute Gasteiger partial charge is 0.352 e. The van der Waals surface area contributed by atoms with Crippen LogP contribution in [0.3, 0.4) is 0 Å². The topological polar surface area (TPSA) is 86.8 Å². The Morgan fingerprint density at radius 3 is 2.07 bits per heavy atom. The number of hydrogen-bond donors (Lipinski definition) is 1. The summed E-state index contributed by atoms with van der Waals surface area (Å²) in [5, 5.41) is 4.08. The standard InChI is InChI=1S/C36H37Cl2N3O4S/c37-29-21-19-28(20-22-29)25-40(34(23-27-11-4-1-5-12-27)36(43)39-31-14-6-2-7-15-31)35(42)26-41(32-16-10-13-30(38)24-32)46(44,45)33-17-8-3-9-18-33/h1,3-5,8-13,16-22,24,31,34H,2,6-7,14-15,23,25-26H2,(H,39,43)/t34-/m1/s1. The van der Waals surface area contributed by atoms with Crippen molar-refractivity contribution in [1.29, 1.82) is 0 Å². The molecule has 1 N–H and O–H groups in total. The van der Waals surface area contributed by atoms with Crippen LogP contribution in [0, 0.1) is 0 Å². The van der Waals surface area contributed by atoms with E-state index in [0.29, 0.717) is 10.0 Å². The zero-order valence-electron chi connectivity index (χ0n) is 25.4. The number of nitrogens with one attached hydrogen (secondary N) is 1. The van der Waals surface area contributed by atoms with Gasteiger partial charge in [0.1, 0.15) is 12.6 Å². The minimum atomic E-state index is -4.20. The van der Waals surface area contributed by atoms with Crippen molar-refractivity contribution in [3.8, 4) is 0 Å². The van der Waals surface area contributed by atoms with Crippen LogP contribution in [-0.2, 0) is 32.6 Å². The number of carbonyl (C=O) groups is 2. The second kappa shape index (κ2) is 15.6. The molecule has 46 heavy (non-hydrogen) atoms. The number of amides is 2. The molecule has 1 atom stereocenters. The quantitative estimate of drug-likeness (QED) is 0.171. The molecule has 0 aliphatic heterocycles. The molecule has 2 amide bonds. The first-order valence-electron chi connectivity index (χ1n) is 15.4. The van der Waals surface area contributed by atoms with Gasteiger partial charge in [0.05, 0.1) is 10.6 Å². The van der Waals surface area contributed by atoms with Gasteiger partial charge in [0, 0.05) is 29.1 Å². The highest BCUT2D eigenvalue weighted by molar-refractivity contribution is 7.92. The van der Waals surface area contributed by atoms with Crippen LogP contribution < -0.4 is 9.62 Å². The molecular formula is C36H37Cl2N3O4S. The SMILES string of the molecule is O=C(NC1CCCCC1)[C@@H](Cc1ccccc1)N(Cc1ccc(Cl)cc1)C(=O)CN(c1cccc(Cl)c1)S(=O)(=O)c1ccccc1. The first-order chi connectivity index (χ1) is 22.2. The molecule has 5 rings (SSSR count). The third kappa shape index (κ3) is 8.69. The van der Waals surface area contributed by atoms with Gasteiger partial charge in [-0.3, -0.25) is 13.9 Å². The van der Waals surface area contributed by atoms with Crippen molar-refractivity contribution >= 4 is 50.7 Å². The Morgan fingerprint density at radius 1 is 0.761 bits per heavy atom. The fourth-order valence-electron chi connectivity index (χ4n) is 5.76. The minimum Gasteiger partial charge on any atom is -0.352 e. The first kappa shape index (κ1) is 33.5. The van der Waals surface area contributed by atoms with Gasteiger partial charge in [-0.1, -0.05) is 109 Å². The van der Waals surface area contributed by atoms with Gasteiger partial charge in [-0.2, -0.15) is 0 Å². The summed E-state index contributed by atoms with van der Waals surface area (Å²) >= 11 is 12.5. The highest BCUT2D eigenvalue weighted by Crippen LogP contribution is 2.27. The smallest absolute Gasteiger partial charge is 0.264 e. The van der Waals surface area contributed by atoms with E-state index < -0.39 is 28.5 Å². The monoisotopic (exact) mass is 677 g/mol. The Hall–Kier alpha value is -3.85. The van der Waals surface area contributed by atoms with Gasteiger partial charge in [-0.15, -0.1) is 0 Å². The maximum atomic E-state index is 14.6. The molecule has 1 aliphatic carbocycles. The van der Waals surface area contributed by atoms with Crippen LogP contribution in [0.1, 0.15) is 43.2 Å². The summed E-state index contributed by atoms with van der Waals surface area (Å²) in [6.07, 6.45) is 5.22. The van der Waals surface area contributed by atoms with E-state index in [1.54, 1.807) is 60.7 Å². The molecular weight excluding hydrogens is 641 g/mol. The summed E-state index contributed by atoms with van der Waals surface area (Å²) in [4.78, 5) is 30.2. The zero-order valence-corrected chi connectivity index (χ0v) is 27.7. The van der Waals surface area contributed by atoms with Crippen LogP contribution in [0.25, 0.3) is 0 Å². The van der Waals surface area contributed by atoms with Crippen molar-refractivity contribution in [2.24, 2.45) is 0 Å². The van der Waals surface area contributed by atoms with Gasteiger partial charge in [0.25, 0.3) is 10.0 Å². The molecule has 1 fully saturated rings. The highest BCUT2D eigenvalue weighted by atomic mass is 35.5. The van der Waals surface area contributed by atoms with Crippen LogP contribution in [-0.4, -0.2) is 43.8 Å². The van der Waals surface area contributed by atoms with E-state index in [-0.39, 0.29) is 35.5 Å². The summed E-state index contributed by atoms with van der Waals surface area (Å²) in [5.74, 6) is -0.799. The number of anilines is 1. The molecule has 10 heteroatoms. The van der Waals surface area contributed by atoms with E-state index in [1.807, 2.05) is 30.3 Å². The number of benzene rings is 4. The van der Waals surface area contributed by atoms with Crippen molar-refractivity contribution < 1.29 is 18.0 Å². The van der Waals surface area contributed by atoms with Gasteiger partial charge in [0.2, 0.25) is 11.8 Å². The fourth-order valence-corrected chi connectivity index (χ4v) is 7.50. The third-order valence-corrected chi connectivity index (χ3v) is 10.5. The Kier molecular flexibility index (Phi) is 11.4. The second-order valence-electron chi connectivity index (χ2n) is 11.5. The van der Waals surface area contributed by atoms with E-state index in [9.17, 15) is 18.0 Å². The predicted molar refractivity (Wildman–Crippen MR) is 183 cm³/mol. The van der Waals surface area contributed by atoms with E-state index in [0.717, 1.165) is 47.5 Å². The van der Waals surface area contributed by atoms with Crippen molar-refractivity contribution in [2.75, 3.05) is 10.8 Å². The Morgan fingerprint density at radius 2 is 1.41 bits per heavy atom. The number of nitrogens with zero attached hydrogens (tertiary/aromatic N) is 2. The Labute approximate surface area is 281 Å². The number of carbonyl (C=O) groups excluding carboxylic acids is 2. The molecule has 0 heterocycles. The lowest BCUT2D eigenvalue weighted by Gasteiger charge is -2.35. The van der Waals surface area contributed by atoms with Crippen molar-refractivity contribution in [3.05, 3.63) is 130 Å². The van der Waals surface area contributed by atoms with E-state index in [1.165, 1.54) is 23.1 Å². The number of hydrogen-bond acceptors (Lipinski definition) is 4. The zero-order chi connectivity index (χ0) is 32.5. The summed E-state index contributed by atoms with van der Waals surface area (Å²) in [7, 11) is -4.20. The first-order valence-corrected chi connectivity index (χ1v) is 17.6. The van der Waals surface area contributed by atoms with Crippen LogP contribution in [0.4, 0.5) is 5.69 Å². The molecule has 0 unspecified atom stereocenters. The Bertz CT molecular complexity index is 1720. The van der Waals surface area contributed by atoms with Gasteiger partial charge in [-0.25, -0.2) is 8.42 Å². The number of halogens is 2. The van der Waals surface area contributed by atoms with Gasteiger partial charge < -0.3 is 10.2 Å². The van der Waals surface area contributed by atoms with Crippen LogP contribution in [0.15, 0.2) is 114 Å². The number of rotatable bonds is 12. The number of sulfonamides is 1. The normalized spacial score (nSPS) is 14.3. The lowest BCUT2D eigenvalue weighted by atomic mass is 9.94. The van der Waals surface area contributed by atoms with Crippen LogP contribution in [0.5, 0.6) is 0 Å². The van der Waals surface area contributed by atoms with E-state index in [4.69, 9.17) is 23.2 Å². The van der Waals surface area contributed by atoms with Gasteiger partial charge in [0.15, 0.2) is 0 Å². The predicted octanol–water partition coefficient (Wildman–Crippen LogP) is 7.28. The lowest BCUT2D eigenvalue weighted by molar-refractivity contribution is -0.140. The second-order valence-corrected chi connectivity index (χ2v) is 14.2. The molecule has 0 bridgehead atoms.